The van der Waals surface area contributed by atoms with Gasteiger partial charge in [-0.05, 0) is 95.4 Å². The predicted molar refractivity (Wildman–Crippen MR) is 205 cm³/mol. The Balaban J connectivity index is 1.17. The minimum absolute atomic E-state index is 0.0383. The van der Waals surface area contributed by atoms with Gasteiger partial charge in [0.15, 0.2) is 5.75 Å². The minimum atomic E-state index is -4.46. The Morgan fingerprint density at radius 3 is 2.15 bits per heavy atom. The molecule has 268 valence electrons. The van der Waals surface area contributed by atoms with Crippen LogP contribution in [-0.2, 0) is 16.7 Å². The summed E-state index contributed by atoms with van der Waals surface area (Å²) < 4.78 is 43.8. The highest BCUT2D eigenvalue weighted by Crippen LogP contribution is 2.40. The fraction of sp³-hybridized carbons (Fsp3) is 0.0769. The highest BCUT2D eigenvalue weighted by atomic mass is 32.2. The molecule has 0 amide bonds. The van der Waals surface area contributed by atoms with Gasteiger partial charge in [0, 0.05) is 34.1 Å². The van der Waals surface area contributed by atoms with E-state index in [1.165, 1.54) is 25.3 Å². The average molecular weight is 731 g/mol. The summed E-state index contributed by atoms with van der Waals surface area (Å²) in [5.41, 5.74) is 10.5. The number of nitrogens with one attached hydrogen (secondary N) is 1. The summed E-state index contributed by atoms with van der Waals surface area (Å²) in [4.78, 5) is -0.289. The normalized spacial score (nSPS) is 11.9. The summed E-state index contributed by atoms with van der Waals surface area (Å²) in [6.45, 7) is -0.366. The molecule has 0 aliphatic carbocycles. The molecule has 6 N–H and O–H groups in total. The van der Waals surface area contributed by atoms with Crippen molar-refractivity contribution in [2.24, 2.45) is 20.5 Å². The monoisotopic (exact) mass is 730 g/mol. The predicted octanol–water partition coefficient (Wildman–Crippen LogP) is 9.63. The molecular formula is C39H34N6O7S. The number of hydrogen-bond donors (Lipinski definition) is 5. The number of anilines is 3. The van der Waals surface area contributed by atoms with Gasteiger partial charge in [-0.1, -0.05) is 36.4 Å². The topological polar surface area (TPSA) is 201 Å². The van der Waals surface area contributed by atoms with Crippen LogP contribution in [0.2, 0.25) is 0 Å². The number of methoxy groups -OCH3 is 2. The molecular weight excluding hydrogens is 697 g/mol. The van der Waals surface area contributed by atoms with Gasteiger partial charge in [-0.3, -0.25) is 4.55 Å². The molecule has 0 heterocycles. The second kappa shape index (κ2) is 15.7. The quantitative estimate of drug-likeness (QED) is 0.0352. The van der Waals surface area contributed by atoms with E-state index in [-0.39, 0.29) is 34.2 Å². The van der Waals surface area contributed by atoms with Crippen molar-refractivity contribution in [2.45, 2.75) is 11.5 Å². The van der Waals surface area contributed by atoms with Gasteiger partial charge in [0.25, 0.3) is 10.1 Å². The van der Waals surface area contributed by atoms with Crippen molar-refractivity contribution in [1.82, 2.24) is 0 Å². The molecule has 14 heteroatoms. The number of nitrogen functional groups attached to an aromatic ring is 1. The van der Waals surface area contributed by atoms with Crippen molar-refractivity contribution < 1.29 is 32.7 Å². The molecule has 0 aliphatic rings. The molecule has 0 atom stereocenters. The molecule has 13 nitrogen and oxygen atoms in total. The summed E-state index contributed by atoms with van der Waals surface area (Å²) in [7, 11) is -1.38. The van der Waals surface area contributed by atoms with Crippen LogP contribution < -0.4 is 20.5 Å². The first-order chi connectivity index (χ1) is 25.5. The Morgan fingerprint density at radius 1 is 0.736 bits per heavy atom. The number of aliphatic hydroxyl groups is 1. The molecule has 0 saturated carbocycles. The number of benzene rings is 6. The second-order valence-electron chi connectivity index (χ2n) is 11.6. The van der Waals surface area contributed by atoms with Crippen molar-refractivity contribution >= 4 is 72.9 Å². The van der Waals surface area contributed by atoms with Gasteiger partial charge >= 0.3 is 0 Å². The van der Waals surface area contributed by atoms with E-state index < -0.39 is 10.1 Å². The molecule has 6 aromatic rings. The van der Waals surface area contributed by atoms with Crippen LogP contribution in [-0.4, -0.2) is 37.4 Å². The number of phenols is 1. The number of azo groups is 2. The molecule has 0 fully saturated rings. The fourth-order valence-corrected chi connectivity index (χ4v) is 6.05. The maximum absolute atomic E-state index is 11.8. The van der Waals surface area contributed by atoms with Crippen molar-refractivity contribution in [3.63, 3.8) is 0 Å². The maximum Gasteiger partial charge on any atom is 0.295 e. The number of nitrogens with two attached hydrogens (primary N) is 1. The Morgan fingerprint density at radius 2 is 1.45 bits per heavy atom. The molecule has 0 spiro atoms. The molecule has 0 aromatic heterocycles. The number of aromatic hydroxyl groups is 1. The van der Waals surface area contributed by atoms with E-state index in [0.717, 1.165) is 28.1 Å². The third kappa shape index (κ3) is 8.65. The van der Waals surface area contributed by atoms with Crippen LogP contribution in [0.3, 0.4) is 0 Å². The summed E-state index contributed by atoms with van der Waals surface area (Å²) in [6, 6.07) is 31.0. The van der Waals surface area contributed by atoms with Gasteiger partial charge < -0.3 is 30.7 Å². The second-order valence-corrected chi connectivity index (χ2v) is 13.0. The summed E-state index contributed by atoms with van der Waals surface area (Å²) in [6.07, 6.45) is 3.23. The third-order valence-corrected chi connectivity index (χ3v) is 9.01. The van der Waals surface area contributed by atoms with Crippen LogP contribution in [0, 0.1) is 0 Å². The fourth-order valence-electron chi connectivity index (χ4n) is 5.33. The van der Waals surface area contributed by atoms with Crippen LogP contribution in [0.25, 0.3) is 22.9 Å². The number of phenolic OH excluding ortho intramolecular Hbond substituents is 1. The van der Waals surface area contributed by atoms with Crippen molar-refractivity contribution in [3.05, 3.63) is 126 Å². The van der Waals surface area contributed by atoms with E-state index in [2.05, 4.69) is 25.8 Å². The molecule has 0 aliphatic heterocycles. The Labute approximate surface area is 305 Å². The van der Waals surface area contributed by atoms with E-state index in [4.69, 9.17) is 15.2 Å². The van der Waals surface area contributed by atoms with Gasteiger partial charge in [0.2, 0.25) is 0 Å². The van der Waals surface area contributed by atoms with Crippen LogP contribution >= 0.6 is 0 Å². The van der Waals surface area contributed by atoms with Crippen molar-refractivity contribution in [2.75, 3.05) is 25.3 Å². The molecule has 6 aromatic carbocycles. The lowest BCUT2D eigenvalue weighted by Gasteiger charge is -2.10. The number of nitrogens with zero attached hydrogens (tertiary/aromatic N) is 4. The molecule has 6 rings (SSSR count). The lowest BCUT2D eigenvalue weighted by atomic mass is 10.1. The zero-order valence-electron chi connectivity index (χ0n) is 28.5. The van der Waals surface area contributed by atoms with E-state index in [1.54, 1.807) is 67.8 Å². The summed E-state index contributed by atoms with van der Waals surface area (Å²) in [5.74, 6) is 1.04. The van der Waals surface area contributed by atoms with Crippen molar-refractivity contribution in [1.29, 1.82) is 0 Å². The van der Waals surface area contributed by atoms with Crippen LogP contribution in [0.5, 0.6) is 17.2 Å². The van der Waals surface area contributed by atoms with Gasteiger partial charge in [0.1, 0.15) is 27.8 Å². The lowest BCUT2D eigenvalue weighted by Crippen LogP contribution is -2.02. The van der Waals surface area contributed by atoms with Gasteiger partial charge in [-0.2, -0.15) is 18.6 Å². The standard InChI is InChI=1S/C39H34N6O7S/c1-51-32-15-12-29(13-16-32)41-31-14-17-33-26(19-31)8-18-34(39(33)47)43-45-36-20-27(23-46)35(22-37(36)52-2)44-42-30-10-4-24(5-11-30)3-6-25-7-9-28(40)21-38(25)53(48,49)50/h3-22,41,46-47H,23,40H2,1-2H3,(H,48,49,50). The smallest absolute Gasteiger partial charge is 0.295 e. The first kappa shape index (κ1) is 36.2. The number of rotatable bonds is 12. The van der Waals surface area contributed by atoms with Crippen LogP contribution in [0.15, 0.2) is 135 Å². The van der Waals surface area contributed by atoms with E-state index in [0.29, 0.717) is 33.8 Å². The Kier molecular flexibility index (Phi) is 10.7. The van der Waals surface area contributed by atoms with Gasteiger partial charge in [0.05, 0.1) is 32.2 Å². The van der Waals surface area contributed by atoms with Crippen LogP contribution in [0.1, 0.15) is 16.7 Å². The highest BCUT2D eigenvalue weighted by Gasteiger charge is 2.15. The zero-order valence-corrected chi connectivity index (χ0v) is 29.3. The Bertz CT molecular complexity index is 2490. The van der Waals surface area contributed by atoms with Gasteiger partial charge in [-0.15, -0.1) is 10.2 Å². The van der Waals surface area contributed by atoms with Crippen LogP contribution in [0.4, 0.5) is 39.8 Å². The van der Waals surface area contributed by atoms with E-state index in [9.17, 15) is 23.2 Å². The molecule has 0 bridgehead atoms. The lowest BCUT2D eigenvalue weighted by molar-refractivity contribution is 0.282. The Hall–Kier alpha value is -6.61. The average Bonchev–Trinajstić information content (AvgIpc) is 3.16. The summed E-state index contributed by atoms with van der Waals surface area (Å²) in [5, 5.41) is 43.1. The first-order valence-electron chi connectivity index (χ1n) is 16.0. The number of hydrogen-bond acceptors (Lipinski definition) is 12. The largest absolute Gasteiger partial charge is 0.505 e. The SMILES string of the molecule is COc1ccc(Nc2ccc3c(O)c(N=Nc4cc(CO)c(N=Nc5ccc(C=Cc6ccc(N)cc6S(=O)(=O)O)cc5)cc4OC)ccc3c2)cc1. The minimum Gasteiger partial charge on any atom is -0.505 e. The maximum atomic E-state index is 11.8. The molecule has 53 heavy (non-hydrogen) atoms. The number of aliphatic hydroxyl groups excluding tert-OH is 1. The molecule has 0 radical (unpaired) electrons. The number of fused-ring (bicyclic) bond motifs is 1. The summed E-state index contributed by atoms with van der Waals surface area (Å²) >= 11 is 0. The van der Waals surface area contributed by atoms with E-state index in [1.807, 2.05) is 42.5 Å². The van der Waals surface area contributed by atoms with E-state index >= 15 is 0 Å². The molecule has 0 saturated heterocycles. The molecule has 0 unspecified atom stereocenters. The third-order valence-electron chi connectivity index (χ3n) is 8.10. The highest BCUT2D eigenvalue weighted by molar-refractivity contribution is 7.86. The van der Waals surface area contributed by atoms with Gasteiger partial charge in [-0.25, -0.2) is 0 Å². The number of ether oxygens (including phenoxy) is 2. The van der Waals surface area contributed by atoms with Crippen molar-refractivity contribution in [3.8, 4) is 17.2 Å². The first-order valence-corrected chi connectivity index (χ1v) is 17.5. The zero-order chi connectivity index (χ0) is 37.5.